The summed E-state index contributed by atoms with van der Waals surface area (Å²) in [6.45, 7) is 5.86. The average molecular weight is 395 g/mol. The molecule has 2 aromatic heterocycles. The van der Waals surface area contributed by atoms with Crippen LogP contribution in [0.5, 0.6) is 0 Å². The van der Waals surface area contributed by atoms with Gasteiger partial charge in [-0.25, -0.2) is 4.68 Å². The van der Waals surface area contributed by atoms with Crippen LogP contribution in [-0.4, -0.2) is 33.2 Å². The number of carbonyl (C=O) groups is 1. The first-order valence-corrected chi connectivity index (χ1v) is 10.9. The lowest BCUT2D eigenvalue weighted by atomic mass is 10.0. The second-order valence-electron chi connectivity index (χ2n) is 6.68. The molecule has 2 aromatic rings. The predicted molar refractivity (Wildman–Crippen MR) is 105 cm³/mol. The number of amides is 1. The van der Waals surface area contributed by atoms with E-state index in [1.807, 2.05) is 27.8 Å². The number of anilines is 1. The summed E-state index contributed by atoms with van der Waals surface area (Å²) in [6.07, 6.45) is 3.74. The molecule has 1 aliphatic carbocycles. The van der Waals surface area contributed by atoms with Crippen LogP contribution in [0.3, 0.4) is 0 Å². The number of thiophene rings is 1. The van der Waals surface area contributed by atoms with E-state index in [1.54, 1.807) is 0 Å². The van der Waals surface area contributed by atoms with Crippen molar-refractivity contribution in [2.24, 2.45) is 0 Å². The van der Waals surface area contributed by atoms with Crippen LogP contribution in [0, 0.1) is 3.95 Å². The van der Waals surface area contributed by atoms with E-state index in [2.05, 4.69) is 23.3 Å². The van der Waals surface area contributed by atoms with Gasteiger partial charge in [-0.3, -0.25) is 14.6 Å². The van der Waals surface area contributed by atoms with Crippen molar-refractivity contribution in [2.45, 2.75) is 58.3 Å². The first kappa shape index (κ1) is 17.3. The maximum atomic E-state index is 12.3. The quantitative estimate of drug-likeness (QED) is 0.712. The highest BCUT2D eigenvalue weighted by Crippen LogP contribution is 2.35. The smallest absolute Gasteiger partial charge is 0.228 e. The number of rotatable bonds is 5. The molecule has 0 N–H and O–H groups in total. The van der Waals surface area contributed by atoms with Gasteiger partial charge in [0.15, 0.2) is 3.95 Å². The number of fused-ring (bicyclic) bond motifs is 1. The van der Waals surface area contributed by atoms with E-state index in [0.717, 1.165) is 34.9 Å². The average Bonchev–Trinajstić information content (AvgIpc) is 3.19. The van der Waals surface area contributed by atoms with Gasteiger partial charge in [0.2, 0.25) is 11.0 Å². The first-order chi connectivity index (χ1) is 12.1. The van der Waals surface area contributed by atoms with Crippen molar-refractivity contribution in [3.05, 3.63) is 25.8 Å². The molecule has 0 aromatic carbocycles. The fourth-order valence-electron chi connectivity index (χ4n) is 3.38. The number of carbonyl (C=O) groups excluding carboxylic acids is 1. The molecule has 4 rings (SSSR count). The summed E-state index contributed by atoms with van der Waals surface area (Å²) in [5.74, 6) is 0.146. The summed E-state index contributed by atoms with van der Waals surface area (Å²) in [4.78, 5) is 18.1. The fraction of sp³-hybridized carbons (Fsp3) is 0.588. The van der Waals surface area contributed by atoms with Gasteiger partial charge in [-0.15, -0.1) is 16.4 Å². The van der Waals surface area contributed by atoms with E-state index in [-0.39, 0.29) is 5.91 Å². The van der Waals surface area contributed by atoms with Crippen LogP contribution in [0.15, 0.2) is 11.4 Å². The zero-order valence-electron chi connectivity index (χ0n) is 14.5. The third kappa shape index (κ3) is 3.32. The molecule has 1 aliphatic heterocycles. The second kappa shape index (κ2) is 6.90. The Labute approximate surface area is 160 Å². The molecule has 1 atom stereocenters. The monoisotopic (exact) mass is 394 g/mol. The van der Waals surface area contributed by atoms with E-state index in [0.29, 0.717) is 25.2 Å². The van der Waals surface area contributed by atoms with Crippen molar-refractivity contribution in [1.82, 2.24) is 14.7 Å². The van der Waals surface area contributed by atoms with Gasteiger partial charge in [0.1, 0.15) is 0 Å². The Bertz CT molecular complexity index is 835. The topological polar surface area (TPSA) is 41.4 Å². The molecule has 3 heterocycles. The zero-order valence-corrected chi connectivity index (χ0v) is 16.9. The maximum absolute atomic E-state index is 12.3. The molecule has 0 radical (unpaired) electrons. The molecular weight excluding hydrogens is 372 g/mol. The van der Waals surface area contributed by atoms with Gasteiger partial charge < -0.3 is 0 Å². The largest absolute Gasteiger partial charge is 0.284 e. The zero-order chi connectivity index (χ0) is 17.6. The van der Waals surface area contributed by atoms with Crippen LogP contribution >= 0.6 is 34.9 Å². The Morgan fingerprint density at radius 3 is 3.00 bits per heavy atom. The van der Waals surface area contributed by atoms with Crippen LogP contribution in [0.4, 0.5) is 5.13 Å². The van der Waals surface area contributed by atoms with Crippen molar-refractivity contribution in [3.8, 4) is 0 Å². The Morgan fingerprint density at radius 2 is 2.28 bits per heavy atom. The van der Waals surface area contributed by atoms with Gasteiger partial charge in [0.25, 0.3) is 0 Å². The summed E-state index contributed by atoms with van der Waals surface area (Å²) < 4.78 is 2.63. The first-order valence-electron chi connectivity index (χ1n) is 8.78. The van der Waals surface area contributed by atoms with Gasteiger partial charge in [-0.2, -0.15) is 0 Å². The number of aromatic nitrogens is 2. The molecule has 1 fully saturated rings. The van der Waals surface area contributed by atoms with Crippen molar-refractivity contribution in [3.63, 3.8) is 0 Å². The lowest BCUT2D eigenvalue weighted by molar-refractivity contribution is -0.118. The standard InChI is InChI=1S/C17H22N4OS3/c1-3-15(22)21(12-4-5-12)16-18-20(17(23)25-16)10-19-8-6-14-13(11(19)2)7-9-24-14/h7,9,11-12H,3-6,8,10H2,1-2H3/t11-/m1/s1. The van der Waals surface area contributed by atoms with Gasteiger partial charge >= 0.3 is 0 Å². The van der Waals surface area contributed by atoms with Gasteiger partial charge in [-0.1, -0.05) is 18.3 Å². The summed E-state index contributed by atoms with van der Waals surface area (Å²) in [7, 11) is 0. The highest BCUT2D eigenvalue weighted by molar-refractivity contribution is 7.73. The summed E-state index contributed by atoms with van der Waals surface area (Å²) in [5.41, 5.74) is 1.43. The molecule has 1 amide bonds. The van der Waals surface area contributed by atoms with E-state index in [4.69, 9.17) is 17.3 Å². The predicted octanol–water partition coefficient (Wildman–Crippen LogP) is 4.22. The van der Waals surface area contributed by atoms with E-state index < -0.39 is 0 Å². The van der Waals surface area contributed by atoms with E-state index >= 15 is 0 Å². The Morgan fingerprint density at radius 1 is 1.48 bits per heavy atom. The Kier molecular flexibility index (Phi) is 4.79. The Hall–Kier alpha value is -1.09. The van der Waals surface area contributed by atoms with Crippen LogP contribution in [0.25, 0.3) is 0 Å². The summed E-state index contributed by atoms with van der Waals surface area (Å²) in [5, 5.41) is 7.66. The second-order valence-corrected chi connectivity index (χ2v) is 9.28. The molecule has 0 bridgehead atoms. The van der Waals surface area contributed by atoms with Crippen molar-refractivity contribution < 1.29 is 4.79 Å². The van der Waals surface area contributed by atoms with Crippen LogP contribution in [0.2, 0.25) is 0 Å². The van der Waals surface area contributed by atoms with Crippen molar-refractivity contribution >= 4 is 45.9 Å². The highest BCUT2D eigenvalue weighted by Gasteiger charge is 2.35. The van der Waals surface area contributed by atoms with Crippen LogP contribution in [0.1, 0.15) is 49.6 Å². The summed E-state index contributed by atoms with van der Waals surface area (Å²) >= 11 is 8.86. The van der Waals surface area contributed by atoms with Gasteiger partial charge in [0.05, 0.1) is 6.67 Å². The number of hydrogen-bond donors (Lipinski definition) is 0. The van der Waals surface area contributed by atoms with Crippen LogP contribution < -0.4 is 4.90 Å². The number of hydrogen-bond acceptors (Lipinski definition) is 6. The Balaban J connectivity index is 1.55. The molecule has 0 saturated heterocycles. The maximum Gasteiger partial charge on any atom is 0.228 e. The third-order valence-electron chi connectivity index (χ3n) is 5.00. The molecule has 1 saturated carbocycles. The lowest BCUT2D eigenvalue weighted by Gasteiger charge is -2.33. The number of nitrogens with zero attached hydrogens (tertiary/aromatic N) is 4. The van der Waals surface area contributed by atoms with Crippen LogP contribution in [-0.2, 0) is 17.9 Å². The molecule has 25 heavy (non-hydrogen) atoms. The minimum atomic E-state index is 0.146. The van der Waals surface area contributed by atoms with Crippen molar-refractivity contribution in [2.75, 3.05) is 11.4 Å². The molecular formula is C17H22N4OS3. The minimum Gasteiger partial charge on any atom is -0.284 e. The molecule has 2 aliphatic rings. The summed E-state index contributed by atoms with van der Waals surface area (Å²) in [6, 6.07) is 2.93. The lowest BCUT2D eigenvalue weighted by Crippen LogP contribution is -2.35. The third-order valence-corrected chi connectivity index (χ3v) is 7.31. The van der Waals surface area contributed by atoms with Crippen molar-refractivity contribution in [1.29, 1.82) is 0 Å². The molecule has 0 unspecified atom stereocenters. The molecule has 134 valence electrons. The van der Waals surface area contributed by atoms with E-state index in [9.17, 15) is 4.79 Å². The van der Waals surface area contributed by atoms with E-state index in [1.165, 1.54) is 21.8 Å². The molecule has 8 heteroatoms. The van der Waals surface area contributed by atoms with Gasteiger partial charge in [-0.05, 0) is 55.4 Å². The highest BCUT2D eigenvalue weighted by atomic mass is 32.1. The SMILES string of the molecule is CCC(=O)N(c1nn(CN2CCc3sccc3[C@H]2C)c(=S)s1)C1CC1. The normalized spacial score (nSPS) is 20.5. The molecule has 0 spiro atoms. The fourth-order valence-corrected chi connectivity index (χ4v) is 5.51. The van der Waals surface area contributed by atoms with Gasteiger partial charge in [0, 0.05) is 29.9 Å². The minimum absolute atomic E-state index is 0.146. The molecule has 5 nitrogen and oxygen atoms in total.